The number of hydrogen-bond donors (Lipinski definition) is 3. The van der Waals surface area contributed by atoms with Crippen LogP contribution in [0.5, 0.6) is 0 Å². The van der Waals surface area contributed by atoms with Crippen molar-refractivity contribution in [2.24, 2.45) is 0 Å². The lowest BCUT2D eigenvalue weighted by Crippen LogP contribution is -2.32. The fraction of sp³-hybridized carbons (Fsp3) is 0.235. The standard InChI is InChI=1S/C17H18N6O3/c1-10(19-16(25)13-7-18-11(2)20-17(13)26)14-8-23(22-21-14)15-6-4-3-5-12(15)9-24/h3-8,10,24H,9H2,1-2H3,(H,19,25)(H,18,20,26). The van der Waals surface area contributed by atoms with E-state index in [1.165, 1.54) is 10.9 Å². The third-order valence-electron chi connectivity index (χ3n) is 3.88. The molecule has 1 atom stereocenters. The highest BCUT2D eigenvalue weighted by atomic mass is 16.3. The summed E-state index contributed by atoms with van der Waals surface area (Å²) in [6.45, 7) is 3.25. The number of amides is 1. The summed E-state index contributed by atoms with van der Waals surface area (Å²) in [5, 5.41) is 20.2. The Bertz CT molecular complexity index is 994. The van der Waals surface area contributed by atoms with Gasteiger partial charge in [0.1, 0.15) is 17.1 Å². The quantitative estimate of drug-likeness (QED) is 0.617. The maximum absolute atomic E-state index is 12.3. The number of aliphatic hydroxyl groups excluding tert-OH is 1. The highest BCUT2D eigenvalue weighted by molar-refractivity contribution is 5.93. The summed E-state index contributed by atoms with van der Waals surface area (Å²) < 4.78 is 1.53. The van der Waals surface area contributed by atoms with Crippen molar-refractivity contribution in [3.63, 3.8) is 0 Å². The van der Waals surface area contributed by atoms with E-state index < -0.39 is 17.5 Å². The molecule has 9 heteroatoms. The molecule has 1 amide bonds. The summed E-state index contributed by atoms with van der Waals surface area (Å²) in [4.78, 5) is 30.5. The Hall–Kier alpha value is -3.33. The molecule has 1 unspecified atom stereocenters. The number of nitrogens with zero attached hydrogens (tertiary/aromatic N) is 4. The van der Waals surface area contributed by atoms with Gasteiger partial charge in [-0.15, -0.1) is 5.10 Å². The lowest BCUT2D eigenvalue weighted by Gasteiger charge is -2.10. The van der Waals surface area contributed by atoms with Gasteiger partial charge in [-0.05, 0) is 19.9 Å². The van der Waals surface area contributed by atoms with Gasteiger partial charge in [0.05, 0.1) is 24.5 Å². The van der Waals surface area contributed by atoms with Crippen molar-refractivity contribution in [1.82, 2.24) is 30.3 Å². The van der Waals surface area contributed by atoms with Crippen molar-refractivity contribution in [2.75, 3.05) is 0 Å². The molecule has 0 aliphatic heterocycles. The summed E-state index contributed by atoms with van der Waals surface area (Å²) in [6.07, 6.45) is 2.90. The topological polar surface area (TPSA) is 126 Å². The van der Waals surface area contributed by atoms with E-state index in [9.17, 15) is 14.7 Å². The van der Waals surface area contributed by atoms with Crippen molar-refractivity contribution in [3.8, 4) is 5.69 Å². The summed E-state index contributed by atoms with van der Waals surface area (Å²) in [7, 11) is 0. The van der Waals surface area contributed by atoms with Gasteiger partial charge in [0.15, 0.2) is 0 Å². The zero-order valence-electron chi connectivity index (χ0n) is 14.3. The van der Waals surface area contributed by atoms with Gasteiger partial charge in [0, 0.05) is 11.8 Å². The number of carbonyl (C=O) groups is 1. The van der Waals surface area contributed by atoms with Crippen molar-refractivity contribution in [2.45, 2.75) is 26.5 Å². The molecule has 1 aromatic carbocycles. The second-order valence-corrected chi connectivity index (χ2v) is 5.78. The van der Waals surface area contributed by atoms with Gasteiger partial charge in [-0.3, -0.25) is 9.59 Å². The van der Waals surface area contributed by atoms with E-state index in [-0.39, 0.29) is 12.2 Å². The van der Waals surface area contributed by atoms with E-state index in [1.807, 2.05) is 18.2 Å². The Balaban J connectivity index is 1.79. The fourth-order valence-electron chi connectivity index (χ4n) is 2.45. The Kier molecular flexibility index (Phi) is 4.90. The predicted octanol–water partition coefficient (Wildman–Crippen LogP) is 0.642. The van der Waals surface area contributed by atoms with Crippen molar-refractivity contribution in [3.05, 3.63) is 69.7 Å². The van der Waals surface area contributed by atoms with Crippen molar-refractivity contribution in [1.29, 1.82) is 0 Å². The number of nitrogens with one attached hydrogen (secondary N) is 2. The molecule has 0 saturated heterocycles. The summed E-state index contributed by atoms with van der Waals surface area (Å²) in [6, 6.07) is 6.78. The number of para-hydroxylation sites is 1. The van der Waals surface area contributed by atoms with Gasteiger partial charge >= 0.3 is 0 Å². The van der Waals surface area contributed by atoms with Crippen molar-refractivity contribution < 1.29 is 9.90 Å². The molecule has 0 aliphatic rings. The fourth-order valence-corrected chi connectivity index (χ4v) is 2.45. The van der Waals surface area contributed by atoms with E-state index in [1.54, 1.807) is 26.1 Å². The number of aromatic amines is 1. The minimum Gasteiger partial charge on any atom is -0.392 e. The highest BCUT2D eigenvalue weighted by Crippen LogP contribution is 2.16. The van der Waals surface area contributed by atoms with E-state index in [4.69, 9.17) is 0 Å². The van der Waals surface area contributed by atoms with Gasteiger partial charge in [0.25, 0.3) is 11.5 Å². The van der Waals surface area contributed by atoms with Gasteiger partial charge in [-0.1, -0.05) is 23.4 Å². The average Bonchev–Trinajstić information content (AvgIpc) is 3.11. The monoisotopic (exact) mass is 354 g/mol. The number of aryl methyl sites for hydroxylation is 1. The number of benzene rings is 1. The Morgan fingerprint density at radius 2 is 2.15 bits per heavy atom. The number of aliphatic hydroxyl groups is 1. The second kappa shape index (κ2) is 7.28. The first-order valence-corrected chi connectivity index (χ1v) is 7.97. The summed E-state index contributed by atoms with van der Waals surface area (Å²) in [5.41, 5.74) is 1.36. The molecule has 3 N–H and O–H groups in total. The predicted molar refractivity (Wildman–Crippen MR) is 92.8 cm³/mol. The highest BCUT2D eigenvalue weighted by Gasteiger charge is 2.18. The first-order valence-electron chi connectivity index (χ1n) is 7.97. The number of aromatic nitrogens is 5. The molecular weight excluding hydrogens is 336 g/mol. The molecule has 0 radical (unpaired) electrons. The SMILES string of the molecule is Cc1ncc(C(=O)NC(C)c2cn(-c3ccccc3CO)nn2)c(=O)[nH]1. The number of hydrogen-bond acceptors (Lipinski definition) is 6. The molecule has 9 nitrogen and oxygen atoms in total. The number of H-pyrrole nitrogens is 1. The van der Waals surface area contributed by atoms with Gasteiger partial charge in [-0.25, -0.2) is 9.67 Å². The van der Waals surface area contributed by atoms with E-state index in [0.29, 0.717) is 22.8 Å². The molecule has 0 saturated carbocycles. The molecule has 2 heterocycles. The molecule has 134 valence electrons. The minimum absolute atomic E-state index is 0.0690. The van der Waals surface area contributed by atoms with E-state index in [0.717, 1.165) is 0 Å². The van der Waals surface area contributed by atoms with Crippen LogP contribution in [0.4, 0.5) is 0 Å². The third kappa shape index (κ3) is 3.52. The van der Waals surface area contributed by atoms with E-state index in [2.05, 4.69) is 25.6 Å². The third-order valence-corrected chi connectivity index (χ3v) is 3.88. The summed E-state index contributed by atoms with van der Waals surface area (Å²) in [5.74, 6) is -0.110. The maximum Gasteiger partial charge on any atom is 0.263 e. The van der Waals surface area contributed by atoms with Crippen LogP contribution in [0.3, 0.4) is 0 Å². The molecule has 3 rings (SSSR count). The molecule has 0 spiro atoms. The normalized spacial score (nSPS) is 12.0. The van der Waals surface area contributed by atoms with Gasteiger partial charge < -0.3 is 15.4 Å². The van der Waals surface area contributed by atoms with Crippen LogP contribution in [-0.4, -0.2) is 36.0 Å². The largest absolute Gasteiger partial charge is 0.392 e. The molecule has 3 aromatic rings. The van der Waals surface area contributed by atoms with Gasteiger partial charge in [-0.2, -0.15) is 0 Å². The van der Waals surface area contributed by atoms with Crippen molar-refractivity contribution >= 4 is 5.91 Å². The van der Waals surface area contributed by atoms with E-state index >= 15 is 0 Å². The molecule has 2 aromatic heterocycles. The zero-order valence-corrected chi connectivity index (χ0v) is 14.3. The van der Waals surface area contributed by atoms with Crippen LogP contribution < -0.4 is 10.9 Å². The van der Waals surface area contributed by atoms with Crippen LogP contribution in [-0.2, 0) is 6.61 Å². The number of carbonyl (C=O) groups excluding carboxylic acids is 1. The first-order chi connectivity index (χ1) is 12.5. The Morgan fingerprint density at radius 1 is 1.38 bits per heavy atom. The molecular formula is C17H18N6O3. The smallest absolute Gasteiger partial charge is 0.263 e. The Labute approximate surface area is 148 Å². The molecule has 26 heavy (non-hydrogen) atoms. The number of rotatable bonds is 5. The summed E-state index contributed by atoms with van der Waals surface area (Å²) >= 11 is 0. The lowest BCUT2D eigenvalue weighted by molar-refractivity contribution is 0.0937. The first kappa shape index (κ1) is 17.5. The van der Waals surface area contributed by atoms with Crippen LogP contribution in [0, 0.1) is 6.92 Å². The minimum atomic E-state index is -0.545. The zero-order chi connectivity index (χ0) is 18.7. The van der Waals surface area contributed by atoms with Crippen LogP contribution in [0.15, 0.2) is 41.5 Å². The molecule has 0 bridgehead atoms. The van der Waals surface area contributed by atoms with Crippen LogP contribution in [0.25, 0.3) is 5.69 Å². The van der Waals surface area contributed by atoms with Crippen LogP contribution in [0.2, 0.25) is 0 Å². The van der Waals surface area contributed by atoms with Gasteiger partial charge in [0.2, 0.25) is 0 Å². The molecule has 0 fully saturated rings. The second-order valence-electron chi connectivity index (χ2n) is 5.78. The maximum atomic E-state index is 12.3. The average molecular weight is 354 g/mol. The lowest BCUT2D eigenvalue weighted by atomic mass is 10.2. The Morgan fingerprint density at radius 3 is 2.88 bits per heavy atom. The molecule has 0 aliphatic carbocycles. The van der Waals surface area contributed by atoms with Crippen LogP contribution >= 0.6 is 0 Å². The van der Waals surface area contributed by atoms with Crippen LogP contribution in [0.1, 0.15) is 40.4 Å².